The molecule has 0 spiro atoms. The maximum atomic E-state index is 10.8. The highest BCUT2D eigenvalue weighted by Gasteiger charge is 2.44. The summed E-state index contributed by atoms with van der Waals surface area (Å²) in [5.41, 5.74) is 1.07. The highest BCUT2D eigenvalue weighted by atomic mass is 16.3. The second-order valence-electron chi connectivity index (χ2n) is 8.73. The first-order valence-electron chi connectivity index (χ1n) is 10.4. The van der Waals surface area contributed by atoms with Gasteiger partial charge in [-0.25, -0.2) is 4.98 Å². The van der Waals surface area contributed by atoms with E-state index in [2.05, 4.69) is 58.1 Å². The molecular formula is C22H30N4O. The number of piperazine rings is 1. The second kappa shape index (κ2) is 7.04. The summed E-state index contributed by atoms with van der Waals surface area (Å²) in [6.07, 6.45) is 1.88. The topological polar surface area (TPSA) is 42.8 Å². The summed E-state index contributed by atoms with van der Waals surface area (Å²) in [6, 6.07) is 13.0. The van der Waals surface area contributed by atoms with Crippen molar-refractivity contribution in [3.63, 3.8) is 0 Å². The van der Waals surface area contributed by atoms with Gasteiger partial charge in [0.15, 0.2) is 0 Å². The van der Waals surface area contributed by atoms with Gasteiger partial charge < -0.3 is 14.9 Å². The Kier molecular flexibility index (Phi) is 4.54. The van der Waals surface area contributed by atoms with Crippen molar-refractivity contribution >= 4 is 16.7 Å². The lowest BCUT2D eigenvalue weighted by Crippen LogP contribution is -2.55. The number of aliphatic hydroxyl groups excluding tert-OH is 1. The van der Waals surface area contributed by atoms with E-state index in [1.807, 2.05) is 0 Å². The van der Waals surface area contributed by atoms with Crippen LogP contribution < -0.4 is 4.90 Å². The molecule has 0 unspecified atom stereocenters. The summed E-state index contributed by atoms with van der Waals surface area (Å²) >= 11 is 0. The molecule has 0 radical (unpaired) electrons. The number of benzene rings is 1. The number of anilines is 1. The molecule has 1 saturated carbocycles. The van der Waals surface area contributed by atoms with Crippen LogP contribution in [-0.4, -0.2) is 78.4 Å². The smallest absolute Gasteiger partial charge is 0.129 e. The number of fused-ring (bicyclic) bond motifs is 2. The summed E-state index contributed by atoms with van der Waals surface area (Å²) in [6.45, 7) is 6.52. The van der Waals surface area contributed by atoms with Gasteiger partial charge in [0.25, 0.3) is 0 Å². The lowest BCUT2D eigenvalue weighted by molar-refractivity contribution is -0.0249. The lowest BCUT2D eigenvalue weighted by atomic mass is 9.77. The minimum atomic E-state index is -0.181. The molecule has 0 bridgehead atoms. The first kappa shape index (κ1) is 17.4. The fraction of sp³-hybridized carbons (Fsp3) is 0.591. The molecule has 2 aliphatic heterocycles. The summed E-state index contributed by atoms with van der Waals surface area (Å²) in [5, 5.41) is 12.0. The predicted octanol–water partition coefficient (Wildman–Crippen LogP) is 2.06. The van der Waals surface area contributed by atoms with Crippen LogP contribution in [0.1, 0.15) is 12.8 Å². The quantitative estimate of drug-likeness (QED) is 0.881. The minimum Gasteiger partial charge on any atom is -0.391 e. The third-order valence-electron chi connectivity index (χ3n) is 7.02. The van der Waals surface area contributed by atoms with E-state index in [1.54, 1.807) is 0 Å². The standard InChI is InChI=1S/C22H30N4O/c1-24-8-10-25(11-9-24)20-12-17-14-26(15-18(17)13-21(20)27)22-7-6-16-4-2-3-5-19(16)23-22/h2-7,17-18,20-21,27H,8-15H2,1H3/t17-,18+,20-,21-/m1/s1. The highest BCUT2D eigenvalue weighted by molar-refractivity contribution is 5.80. The first-order valence-corrected chi connectivity index (χ1v) is 10.4. The zero-order valence-electron chi connectivity index (χ0n) is 16.2. The average Bonchev–Trinajstić information content (AvgIpc) is 3.10. The van der Waals surface area contributed by atoms with E-state index in [1.165, 1.54) is 5.39 Å². The SMILES string of the molecule is CN1CCN([C@@H]2C[C@@H]3CN(c4ccc5ccccc5n4)C[C@@H]3C[C@H]2O)CC1. The first-order chi connectivity index (χ1) is 13.2. The van der Waals surface area contributed by atoms with E-state index in [4.69, 9.17) is 4.98 Å². The van der Waals surface area contributed by atoms with Gasteiger partial charge in [-0.3, -0.25) is 4.90 Å². The number of para-hydroxylation sites is 1. The van der Waals surface area contributed by atoms with Crippen molar-refractivity contribution < 1.29 is 5.11 Å². The Hall–Kier alpha value is -1.69. The van der Waals surface area contributed by atoms with Crippen LogP contribution in [0.5, 0.6) is 0 Å². The molecule has 2 saturated heterocycles. The molecule has 3 fully saturated rings. The zero-order valence-corrected chi connectivity index (χ0v) is 16.2. The number of rotatable bonds is 2. The Labute approximate surface area is 161 Å². The number of aromatic nitrogens is 1. The molecule has 4 atom stereocenters. The Balaban J connectivity index is 1.30. The molecule has 5 rings (SSSR count). The summed E-state index contributed by atoms with van der Waals surface area (Å²) in [7, 11) is 2.19. The van der Waals surface area contributed by atoms with E-state index in [0.29, 0.717) is 17.9 Å². The number of hydrogen-bond donors (Lipinski definition) is 1. The molecule has 27 heavy (non-hydrogen) atoms. The fourth-order valence-electron chi connectivity index (χ4n) is 5.37. The Morgan fingerprint density at radius 3 is 2.48 bits per heavy atom. The van der Waals surface area contributed by atoms with Crippen molar-refractivity contribution in [1.82, 2.24) is 14.8 Å². The van der Waals surface area contributed by atoms with Crippen molar-refractivity contribution in [2.24, 2.45) is 11.8 Å². The average molecular weight is 367 g/mol. The van der Waals surface area contributed by atoms with Crippen LogP contribution in [0.3, 0.4) is 0 Å². The van der Waals surface area contributed by atoms with E-state index in [0.717, 1.165) is 63.4 Å². The molecule has 0 amide bonds. The van der Waals surface area contributed by atoms with Gasteiger partial charge in [0.1, 0.15) is 5.82 Å². The van der Waals surface area contributed by atoms with Gasteiger partial charge in [0.05, 0.1) is 11.6 Å². The van der Waals surface area contributed by atoms with Gasteiger partial charge in [-0.1, -0.05) is 18.2 Å². The van der Waals surface area contributed by atoms with Gasteiger partial charge in [-0.15, -0.1) is 0 Å². The number of aliphatic hydroxyl groups is 1. The van der Waals surface area contributed by atoms with Crippen molar-refractivity contribution in [1.29, 1.82) is 0 Å². The summed E-state index contributed by atoms with van der Waals surface area (Å²) in [4.78, 5) is 12.3. The normalized spacial score (nSPS) is 32.7. The lowest BCUT2D eigenvalue weighted by Gasteiger charge is -2.44. The number of nitrogens with zero attached hydrogens (tertiary/aromatic N) is 4. The van der Waals surface area contributed by atoms with Gasteiger partial charge in [0.2, 0.25) is 0 Å². The maximum absolute atomic E-state index is 10.8. The molecule has 2 aromatic rings. The molecule has 5 nitrogen and oxygen atoms in total. The molecule has 5 heteroatoms. The van der Waals surface area contributed by atoms with Crippen LogP contribution in [0.25, 0.3) is 10.9 Å². The molecule has 1 N–H and O–H groups in total. The van der Waals surface area contributed by atoms with Gasteiger partial charge in [0, 0.05) is 50.7 Å². The molecule has 3 heterocycles. The molecule has 1 aromatic carbocycles. The monoisotopic (exact) mass is 366 g/mol. The van der Waals surface area contributed by atoms with Gasteiger partial charge in [-0.05, 0) is 49.9 Å². The van der Waals surface area contributed by atoms with E-state index in [-0.39, 0.29) is 6.10 Å². The largest absolute Gasteiger partial charge is 0.391 e. The Morgan fingerprint density at radius 2 is 1.67 bits per heavy atom. The Morgan fingerprint density at radius 1 is 0.926 bits per heavy atom. The van der Waals surface area contributed by atoms with Crippen LogP contribution in [0.2, 0.25) is 0 Å². The van der Waals surface area contributed by atoms with Crippen molar-refractivity contribution in [3.8, 4) is 0 Å². The highest BCUT2D eigenvalue weighted by Crippen LogP contribution is 2.40. The molecule has 3 aliphatic rings. The Bertz CT molecular complexity index is 804. The van der Waals surface area contributed by atoms with Gasteiger partial charge in [-0.2, -0.15) is 0 Å². The van der Waals surface area contributed by atoms with Crippen LogP contribution >= 0.6 is 0 Å². The third-order valence-corrected chi connectivity index (χ3v) is 7.02. The van der Waals surface area contributed by atoms with Crippen LogP contribution in [-0.2, 0) is 0 Å². The summed E-state index contributed by atoms with van der Waals surface area (Å²) < 4.78 is 0. The molecule has 144 valence electrons. The van der Waals surface area contributed by atoms with Crippen molar-refractivity contribution in [3.05, 3.63) is 36.4 Å². The van der Waals surface area contributed by atoms with Crippen LogP contribution in [0.15, 0.2) is 36.4 Å². The number of likely N-dealkylation sites (N-methyl/N-ethyl adjacent to an activating group) is 1. The summed E-state index contributed by atoms with van der Waals surface area (Å²) in [5.74, 6) is 2.36. The van der Waals surface area contributed by atoms with Crippen molar-refractivity contribution in [2.45, 2.75) is 25.0 Å². The van der Waals surface area contributed by atoms with Gasteiger partial charge >= 0.3 is 0 Å². The maximum Gasteiger partial charge on any atom is 0.129 e. The van der Waals surface area contributed by atoms with E-state index in [9.17, 15) is 5.11 Å². The zero-order chi connectivity index (χ0) is 18.4. The fourth-order valence-corrected chi connectivity index (χ4v) is 5.37. The minimum absolute atomic E-state index is 0.181. The van der Waals surface area contributed by atoms with Crippen molar-refractivity contribution in [2.75, 3.05) is 51.2 Å². The number of pyridine rings is 1. The van der Waals surface area contributed by atoms with Crippen LogP contribution in [0, 0.1) is 11.8 Å². The molecular weight excluding hydrogens is 336 g/mol. The second-order valence-corrected chi connectivity index (χ2v) is 8.73. The third kappa shape index (κ3) is 3.33. The van der Waals surface area contributed by atoms with E-state index >= 15 is 0 Å². The van der Waals surface area contributed by atoms with E-state index < -0.39 is 0 Å². The van der Waals surface area contributed by atoms with Crippen LogP contribution in [0.4, 0.5) is 5.82 Å². The predicted molar refractivity (Wildman–Crippen MR) is 109 cm³/mol. The number of hydrogen-bond acceptors (Lipinski definition) is 5. The molecule has 1 aromatic heterocycles. The molecule has 1 aliphatic carbocycles.